The van der Waals surface area contributed by atoms with Crippen molar-refractivity contribution in [2.45, 2.75) is 103 Å². The molecule has 0 aromatic heterocycles. The lowest BCUT2D eigenvalue weighted by Gasteiger charge is -2.38. The second-order valence-corrected chi connectivity index (χ2v) is 16.6. The van der Waals surface area contributed by atoms with Crippen molar-refractivity contribution in [1.82, 2.24) is 5.32 Å². The van der Waals surface area contributed by atoms with Gasteiger partial charge in [-0.3, -0.25) is 4.57 Å². The van der Waals surface area contributed by atoms with E-state index in [1.165, 1.54) is 7.11 Å². The minimum Gasteiger partial charge on any atom is -0.467 e. The Bertz CT molecular complexity index is 870. The number of amides is 1. The van der Waals surface area contributed by atoms with E-state index in [0.29, 0.717) is 0 Å². The molecule has 0 aliphatic carbocycles. The van der Waals surface area contributed by atoms with Gasteiger partial charge in [0.25, 0.3) is 0 Å². The quantitative estimate of drug-likeness (QED) is 0.226. The molecule has 0 heterocycles. The average molecular weight is 546 g/mol. The molecule has 1 rings (SSSR count). The summed E-state index contributed by atoms with van der Waals surface area (Å²) in [5.74, 6) is -1.84. The van der Waals surface area contributed by atoms with Gasteiger partial charge in [0.15, 0.2) is 9.76 Å². The van der Waals surface area contributed by atoms with Crippen LogP contribution in [0.2, 0.25) is 5.04 Å². The molecule has 0 aliphatic heterocycles. The summed E-state index contributed by atoms with van der Waals surface area (Å²) in [4.78, 5) is 25.2. The van der Waals surface area contributed by atoms with Crippen LogP contribution in [0.3, 0.4) is 0 Å². The Kier molecular flexibility index (Phi) is 11.8. The summed E-state index contributed by atoms with van der Waals surface area (Å²) in [5.41, 5.74) is -0.857. The Labute approximate surface area is 218 Å². The normalized spacial score (nSPS) is 14.9. The topological polar surface area (TPSA) is 109 Å². The van der Waals surface area contributed by atoms with E-state index in [2.05, 4.69) is 5.32 Å². The summed E-state index contributed by atoms with van der Waals surface area (Å²) in [6.07, 6.45) is -0.996. The van der Waals surface area contributed by atoms with Gasteiger partial charge in [-0.15, -0.1) is 0 Å². The monoisotopic (exact) mass is 545 g/mol. The maximum absolute atomic E-state index is 14.3. The molecule has 2 unspecified atom stereocenters. The maximum Gasteiger partial charge on any atom is 0.408 e. The van der Waals surface area contributed by atoms with Gasteiger partial charge in [0.05, 0.1) is 18.3 Å². The van der Waals surface area contributed by atoms with Crippen LogP contribution in [-0.4, -0.2) is 52.0 Å². The molecule has 1 aromatic carbocycles. The van der Waals surface area contributed by atoms with Crippen LogP contribution in [-0.2, 0) is 38.9 Å². The van der Waals surface area contributed by atoms with Crippen LogP contribution < -0.4 is 5.32 Å². The zero-order valence-corrected chi connectivity index (χ0v) is 25.7. The number of nitrogens with one attached hydrogen (secondary N) is 1. The van der Waals surface area contributed by atoms with Crippen LogP contribution in [0, 0.1) is 0 Å². The summed E-state index contributed by atoms with van der Waals surface area (Å²) in [7, 11) is -4.00. The Morgan fingerprint density at radius 3 is 1.92 bits per heavy atom. The number of benzene rings is 1. The first-order chi connectivity index (χ1) is 16.3. The highest BCUT2D eigenvalue weighted by Crippen LogP contribution is 2.60. The third-order valence-corrected chi connectivity index (χ3v) is 8.68. The SMILES string of the molecule is COC(=O)C(CC(O[SiH2]C(C)(C)C)P(=O)(OC(C)(C)C)OC(C)(C)C)NC(=O)OCc1ccccc1. The number of esters is 1. The van der Waals surface area contributed by atoms with E-state index >= 15 is 0 Å². The van der Waals surface area contributed by atoms with Gasteiger partial charge in [-0.05, 0) is 52.1 Å². The summed E-state index contributed by atoms with van der Waals surface area (Å²) >= 11 is 0. The Morgan fingerprint density at radius 2 is 1.47 bits per heavy atom. The lowest BCUT2D eigenvalue weighted by atomic mass is 10.2. The summed E-state index contributed by atoms with van der Waals surface area (Å²) in [6.45, 7) is 16.7. The zero-order chi connectivity index (χ0) is 27.8. The fourth-order valence-corrected chi connectivity index (χ4v) is 7.05. The number of alkyl carbamates (subject to hydrolysis) is 1. The Hall–Kier alpha value is -1.71. The highest BCUT2D eigenvalue weighted by atomic mass is 31.2. The van der Waals surface area contributed by atoms with Crippen LogP contribution in [0.5, 0.6) is 0 Å². The van der Waals surface area contributed by atoms with Crippen LogP contribution in [0.4, 0.5) is 4.79 Å². The molecule has 0 fully saturated rings. The molecule has 0 spiro atoms. The number of hydrogen-bond donors (Lipinski definition) is 1. The first-order valence-corrected chi connectivity index (χ1v) is 14.9. The van der Waals surface area contributed by atoms with E-state index in [4.69, 9.17) is 22.9 Å². The van der Waals surface area contributed by atoms with E-state index < -0.39 is 52.5 Å². The van der Waals surface area contributed by atoms with Crippen molar-refractivity contribution < 1.29 is 37.1 Å². The van der Waals surface area contributed by atoms with Gasteiger partial charge < -0.3 is 28.3 Å². The van der Waals surface area contributed by atoms with Crippen LogP contribution in [0.1, 0.15) is 74.3 Å². The number of carbonyl (C=O) groups excluding carboxylic acids is 2. The Balaban J connectivity index is 3.23. The van der Waals surface area contributed by atoms with Crippen molar-refractivity contribution in [3.05, 3.63) is 35.9 Å². The van der Waals surface area contributed by atoms with Crippen LogP contribution in [0.25, 0.3) is 0 Å². The molecule has 0 bridgehead atoms. The van der Waals surface area contributed by atoms with Crippen molar-refractivity contribution in [2.24, 2.45) is 0 Å². The first-order valence-electron chi connectivity index (χ1n) is 12.0. The van der Waals surface area contributed by atoms with Gasteiger partial charge in [-0.25, -0.2) is 9.59 Å². The third-order valence-electron chi connectivity index (χ3n) is 4.29. The molecular weight excluding hydrogens is 501 g/mol. The third kappa shape index (κ3) is 13.0. The van der Waals surface area contributed by atoms with Gasteiger partial charge in [0.2, 0.25) is 0 Å². The van der Waals surface area contributed by atoms with E-state index in [1.807, 2.05) is 51.1 Å². The van der Waals surface area contributed by atoms with Gasteiger partial charge in [0, 0.05) is 6.42 Å². The van der Waals surface area contributed by atoms with Crippen LogP contribution in [0.15, 0.2) is 30.3 Å². The minimum atomic E-state index is -3.96. The first kappa shape index (κ1) is 32.3. The smallest absolute Gasteiger partial charge is 0.408 e. The lowest BCUT2D eigenvalue weighted by molar-refractivity contribution is -0.143. The fraction of sp³-hybridized carbons (Fsp3) is 0.680. The number of methoxy groups -OCH3 is 1. The second kappa shape index (κ2) is 13.2. The second-order valence-electron chi connectivity index (χ2n) is 11.8. The van der Waals surface area contributed by atoms with E-state index in [-0.39, 0.29) is 18.1 Å². The molecule has 9 nitrogen and oxygen atoms in total. The predicted octanol–water partition coefficient (Wildman–Crippen LogP) is 5.31. The van der Waals surface area contributed by atoms with Gasteiger partial charge in [0.1, 0.15) is 18.5 Å². The fourth-order valence-electron chi connectivity index (χ4n) is 3.00. The molecule has 1 amide bonds. The predicted molar refractivity (Wildman–Crippen MR) is 143 cm³/mol. The largest absolute Gasteiger partial charge is 0.467 e. The highest BCUT2D eigenvalue weighted by Gasteiger charge is 2.46. The molecule has 206 valence electrons. The van der Waals surface area contributed by atoms with E-state index in [0.717, 1.165) is 5.56 Å². The highest BCUT2D eigenvalue weighted by molar-refractivity contribution is 7.54. The number of rotatable bonds is 11. The summed E-state index contributed by atoms with van der Waals surface area (Å²) < 4.78 is 42.6. The molecule has 1 aromatic rings. The van der Waals surface area contributed by atoms with Crippen LogP contribution >= 0.6 is 7.60 Å². The summed E-state index contributed by atoms with van der Waals surface area (Å²) in [6, 6.07) is 7.95. The number of hydrogen-bond acceptors (Lipinski definition) is 8. The lowest BCUT2D eigenvalue weighted by Crippen LogP contribution is -2.45. The molecule has 11 heteroatoms. The van der Waals surface area contributed by atoms with Crippen molar-refractivity contribution in [2.75, 3.05) is 7.11 Å². The minimum absolute atomic E-state index is 0.0240. The van der Waals surface area contributed by atoms with Gasteiger partial charge in [-0.1, -0.05) is 51.1 Å². The zero-order valence-electron chi connectivity index (χ0n) is 23.4. The molecule has 2 atom stereocenters. The molecule has 0 radical (unpaired) electrons. The van der Waals surface area contributed by atoms with Crippen molar-refractivity contribution in [3.8, 4) is 0 Å². The van der Waals surface area contributed by atoms with Gasteiger partial charge in [-0.2, -0.15) is 0 Å². The number of carbonyl (C=O) groups is 2. The number of ether oxygens (including phenoxy) is 2. The molecular formula is C25H44NO8PSi. The molecule has 36 heavy (non-hydrogen) atoms. The molecule has 0 aliphatic rings. The van der Waals surface area contributed by atoms with E-state index in [9.17, 15) is 14.2 Å². The molecule has 0 saturated heterocycles. The Morgan fingerprint density at radius 1 is 0.944 bits per heavy atom. The van der Waals surface area contributed by atoms with Crippen molar-refractivity contribution in [3.63, 3.8) is 0 Å². The maximum atomic E-state index is 14.3. The standard InChI is InChI=1S/C25H44NO8PSi/c1-23(2,3)33-35(29,34-24(4,5)6)20(32-36-25(7,8)9)16-19(21(27)30-10)26-22(28)31-17-18-14-12-11-13-15-18/h11-15,19-20H,16-17,36H2,1-10H3,(H,26,28). The molecule has 1 N–H and O–H groups in total. The van der Waals surface area contributed by atoms with Gasteiger partial charge >= 0.3 is 19.7 Å². The van der Waals surface area contributed by atoms with Crippen molar-refractivity contribution in [1.29, 1.82) is 0 Å². The molecule has 0 saturated carbocycles. The summed E-state index contributed by atoms with van der Waals surface area (Å²) in [5, 5.41) is 2.39. The van der Waals surface area contributed by atoms with Crippen molar-refractivity contribution >= 4 is 29.4 Å². The average Bonchev–Trinajstić information content (AvgIpc) is 2.70. The van der Waals surface area contributed by atoms with E-state index in [1.54, 1.807) is 41.5 Å².